The first kappa shape index (κ1) is 23.5. The molecule has 5 amide bonds. The maximum atomic E-state index is 13.2. The Labute approximate surface area is 208 Å². The molecule has 5 rings (SSSR count). The van der Waals surface area contributed by atoms with E-state index in [9.17, 15) is 24.0 Å². The molecule has 0 spiro atoms. The summed E-state index contributed by atoms with van der Waals surface area (Å²) in [5, 5.41) is 2.72. The van der Waals surface area contributed by atoms with Crippen molar-refractivity contribution in [2.24, 2.45) is 0 Å². The molecular weight excluding hydrogens is 462 g/mol. The highest BCUT2D eigenvalue weighted by Gasteiger charge is 2.41. The number of carbonyl (C=O) groups excluding carboxylic acids is 5. The Bertz CT molecular complexity index is 1170. The van der Waals surface area contributed by atoms with E-state index in [1.165, 1.54) is 4.90 Å². The van der Waals surface area contributed by atoms with E-state index < -0.39 is 36.2 Å². The maximum absolute atomic E-state index is 13.2. The lowest BCUT2D eigenvalue weighted by molar-refractivity contribution is -0.147. The summed E-state index contributed by atoms with van der Waals surface area (Å²) in [6.45, 7) is 2.36. The number of anilines is 1. The largest absolute Gasteiger partial charge is 0.368 e. The third-order valence-corrected chi connectivity index (χ3v) is 6.94. The van der Waals surface area contributed by atoms with Crippen molar-refractivity contribution in [2.75, 3.05) is 50.7 Å². The highest BCUT2D eigenvalue weighted by atomic mass is 16.2. The number of amides is 5. The van der Waals surface area contributed by atoms with E-state index in [1.807, 2.05) is 30.3 Å². The van der Waals surface area contributed by atoms with Crippen molar-refractivity contribution in [3.05, 3.63) is 65.7 Å². The number of nitrogens with zero attached hydrogens (tertiary/aromatic N) is 4. The van der Waals surface area contributed by atoms with Crippen molar-refractivity contribution in [1.29, 1.82) is 0 Å². The number of piperazine rings is 2. The van der Waals surface area contributed by atoms with E-state index in [2.05, 4.69) is 10.2 Å². The molecule has 2 aromatic rings. The Hall–Kier alpha value is -4.21. The van der Waals surface area contributed by atoms with Crippen molar-refractivity contribution in [1.82, 2.24) is 20.0 Å². The second kappa shape index (κ2) is 9.80. The van der Waals surface area contributed by atoms with Gasteiger partial charge in [-0.1, -0.05) is 30.3 Å². The van der Waals surface area contributed by atoms with Crippen molar-refractivity contribution in [2.45, 2.75) is 12.5 Å². The third-order valence-electron chi connectivity index (χ3n) is 6.94. The Morgan fingerprint density at radius 3 is 2.03 bits per heavy atom. The Balaban J connectivity index is 1.22. The van der Waals surface area contributed by atoms with E-state index in [4.69, 9.17) is 0 Å². The molecule has 186 valence electrons. The van der Waals surface area contributed by atoms with Crippen molar-refractivity contribution in [3.63, 3.8) is 0 Å². The fourth-order valence-electron chi connectivity index (χ4n) is 4.97. The van der Waals surface area contributed by atoms with Crippen molar-refractivity contribution >= 4 is 35.2 Å². The average molecular weight is 490 g/mol. The van der Waals surface area contributed by atoms with E-state index in [-0.39, 0.29) is 36.5 Å². The third kappa shape index (κ3) is 4.41. The molecule has 0 radical (unpaired) electrons. The topological polar surface area (TPSA) is 110 Å². The normalized spacial score (nSPS) is 19.9. The van der Waals surface area contributed by atoms with Crippen LogP contribution in [-0.2, 0) is 14.4 Å². The van der Waals surface area contributed by atoms with Gasteiger partial charge in [0, 0.05) is 45.0 Å². The first-order chi connectivity index (χ1) is 17.4. The smallest absolute Gasteiger partial charge is 0.262 e. The number of benzene rings is 2. The summed E-state index contributed by atoms with van der Waals surface area (Å²) in [5.74, 6) is -2.22. The molecule has 3 heterocycles. The van der Waals surface area contributed by atoms with E-state index in [0.717, 1.165) is 10.6 Å². The molecule has 2 fully saturated rings. The fourth-order valence-corrected chi connectivity index (χ4v) is 4.97. The average Bonchev–Trinajstić information content (AvgIpc) is 3.15. The minimum atomic E-state index is -0.985. The Morgan fingerprint density at radius 1 is 0.778 bits per heavy atom. The monoisotopic (exact) mass is 489 g/mol. The SMILES string of the molecule is O=C1NCCN(C(=O)CN2C(=O)c3ccccc3C2=O)[C@H]1CC(=O)N1CCN(c2ccccc2)CC1. The molecule has 0 bridgehead atoms. The molecule has 3 aliphatic heterocycles. The number of fused-ring (bicyclic) bond motifs is 1. The van der Waals surface area contributed by atoms with Crippen LogP contribution in [0.4, 0.5) is 5.69 Å². The second-order valence-corrected chi connectivity index (χ2v) is 9.04. The summed E-state index contributed by atoms with van der Waals surface area (Å²) in [7, 11) is 0. The van der Waals surface area contributed by atoms with Gasteiger partial charge in [-0.25, -0.2) is 0 Å². The van der Waals surface area contributed by atoms with E-state index in [1.54, 1.807) is 29.2 Å². The number of para-hydroxylation sites is 1. The predicted molar refractivity (Wildman–Crippen MR) is 130 cm³/mol. The number of carbonyl (C=O) groups is 5. The van der Waals surface area contributed by atoms with Gasteiger partial charge in [0.1, 0.15) is 12.6 Å². The fraction of sp³-hybridized carbons (Fsp3) is 0.346. The number of hydrogen-bond donors (Lipinski definition) is 1. The zero-order chi connectivity index (χ0) is 25.2. The molecule has 0 aliphatic carbocycles. The molecule has 2 aromatic carbocycles. The maximum Gasteiger partial charge on any atom is 0.262 e. The highest BCUT2D eigenvalue weighted by molar-refractivity contribution is 6.22. The number of imide groups is 1. The highest BCUT2D eigenvalue weighted by Crippen LogP contribution is 2.23. The molecule has 10 nitrogen and oxygen atoms in total. The first-order valence-electron chi connectivity index (χ1n) is 12.0. The van der Waals surface area contributed by atoms with E-state index >= 15 is 0 Å². The molecule has 1 atom stereocenters. The number of rotatable bonds is 5. The lowest BCUT2D eigenvalue weighted by atomic mass is 10.1. The molecule has 1 N–H and O–H groups in total. The summed E-state index contributed by atoms with van der Waals surface area (Å²) in [6, 6.07) is 15.4. The zero-order valence-electron chi connectivity index (χ0n) is 19.8. The summed E-state index contributed by atoms with van der Waals surface area (Å²) >= 11 is 0. The van der Waals surface area contributed by atoms with Gasteiger partial charge < -0.3 is 20.0 Å². The lowest BCUT2D eigenvalue weighted by Gasteiger charge is -2.39. The number of hydrogen-bond acceptors (Lipinski definition) is 6. The summed E-state index contributed by atoms with van der Waals surface area (Å²) < 4.78 is 0. The van der Waals surface area contributed by atoms with Gasteiger partial charge in [0.05, 0.1) is 17.5 Å². The van der Waals surface area contributed by atoms with Crippen molar-refractivity contribution in [3.8, 4) is 0 Å². The van der Waals surface area contributed by atoms with Crippen LogP contribution in [0.2, 0.25) is 0 Å². The number of nitrogens with one attached hydrogen (secondary N) is 1. The quantitative estimate of drug-likeness (QED) is 0.607. The first-order valence-corrected chi connectivity index (χ1v) is 12.0. The Morgan fingerprint density at radius 2 is 1.39 bits per heavy atom. The standard InChI is InChI=1S/C26H27N5O5/c32-22(29-14-12-28(13-15-29)18-6-2-1-3-7-18)16-21-24(34)27-10-11-30(21)23(33)17-31-25(35)19-8-4-5-9-20(19)26(31)36/h1-9,21H,10-17H2,(H,27,34)/t21-/m0/s1. The van der Waals surface area contributed by atoms with Crippen LogP contribution in [0.5, 0.6) is 0 Å². The molecule has 0 saturated carbocycles. The lowest BCUT2D eigenvalue weighted by Crippen LogP contribution is -2.60. The minimum Gasteiger partial charge on any atom is -0.368 e. The predicted octanol–water partition coefficient (Wildman–Crippen LogP) is 0.349. The van der Waals surface area contributed by atoms with Crippen LogP contribution in [0, 0.1) is 0 Å². The molecule has 10 heteroatoms. The molecule has 2 saturated heterocycles. The van der Waals surface area contributed by atoms with Gasteiger partial charge in [-0.3, -0.25) is 28.9 Å². The van der Waals surface area contributed by atoms with Gasteiger partial charge in [0.25, 0.3) is 11.8 Å². The zero-order valence-corrected chi connectivity index (χ0v) is 19.8. The molecule has 0 aromatic heterocycles. The van der Waals surface area contributed by atoms with Gasteiger partial charge in [0.2, 0.25) is 17.7 Å². The molecule has 0 unspecified atom stereocenters. The molecule has 36 heavy (non-hydrogen) atoms. The minimum absolute atomic E-state index is 0.148. The summed E-state index contributed by atoms with van der Waals surface area (Å²) in [6.07, 6.45) is -0.148. The van der Waals surface area contributed by atoms with Crippen LogP contribution in [0.3, 0.4) is 0 Å². The van der Waals surface area contributed by atoms with E-state index in [0.29, 0.717) is 26.2 Å². The molecule has 3 aliphatic rings. The van der Waals surface area contributed by atoms with Gasteiger partial charge >= 0.3 is 0 Å². The van der Waals surface area contributed by atoms with Gasteiger partial charge in [0.15, 0.2) is 0 Å². The van der Waals surface area contributed by atoms with Crippen LogP contribution in [0.1, 0.15) is 27.1 Å². The van der Waals surface area contributed by atoms with Crippen LogP contribution in [0.15, 0.2) is 54.6 Å². The second-order valence-electron chi connectivity index (χ2n) is 9.04. The van der Waals surface area contributed by atoms with Crippen LogP contribution >= 0.6 is 0 Å². The van der Waals surface area contributed by atoms with Crippen molar-refractivity contribution < 1.29 is 24.0 Å². The Kier molecular flexibility index (Phi) is 6.41. The van der Waals surface area contributed by atoms with Crippen LogP contribution in [-0.4, -0.2) is 96.1 Å². The molecular formula is C26H27N5O5. The van der Waals surface area contributed by atoms with Crippen LogP contribution in [0.25, 0.3) is 0 Å². The van der Waals surface area contributed by atoms with Gasteiger partial charge in [-0.2, -0.15) is 0 Å². The van der Waals surface area contributed by atoms with Crippen LogP contribution < -0.4 is 10.2 Å². The van der Waals surface area contributed by atoms with Gasteiger partial charge in [-0.15, -0.1) is 0 Å². The van der Waals surface area contributed by atoms with Gasteiger partial charge in [-0.05, 0) is 24.3 Å². The summed E-state index contributed by atoms with van der Waals surface area (Å²) in [4.78, 5) is 70.4. The summed E-state index contributed by atoms with van der Waals surface area (Å²) in [5.41, 5.74) is 1.61.